The van der Waals surface area contributed by atoms with Crippen LogP contribution in [0.15, 0.2) is 0 Å². The van der Waals surface area contributed by atoms with Crippen LogP contribution in [0.4, 0.5) is 0 Å². The van der Waals surface area contributed by atoms with E-state index >= 15 is 0 Å². The lowest BCUT2D eigenvalue weighted by Gasteiger charge is -2.31. The standard InChI is InChI=1S/C7H18N4O2S/c1-8-7-9-14(12,13)11-5-3-10(2)4-6-11/h8-9H,3-7H2,1-2H3. The topological polar surface area (TPSA) is 64.7 Å². The van der Waals surface area contributed by atoms with Crippen molar-refractivity contribution in [2.75, 3.05) is 46.9 Å². The van der Waals surface area contributed by atoms with Gasteiger partial charge in [0.15, 0.2) is 0 Å². The fraction of sp³-hybridized carbons (Fsp3) is 1.00. The molecule has 0 spiro atoms. The van der Waals surface area contributed by atoms with E-state index < -0.39 is 10.2 Å². The van der Waals surface area contributed by atoms with Gasteiger partial charge in [-0.05, 0) is 14.1 Å². The number of rotatable bonds is 4. The highest BCUT2D eigenvalue weighted by Gasteiger charge is 2.24. The molecule has 0 aromatic heterocycles. The van der Waals surface area contributed by atoms with Gasteiger partial charge in [0.1, 0.15) is 0 Å². The van der Waals surface area contributed by atoms with Crippen LogP contribution in [0.25, 0.3) is 0 Å². The lowest BCUT2D eigenvalue weighted by molar-refractivity contribution is 0.221. The van der Waals surface area contributed by atoms with Gasteiger partial charge in [0.25, 0.3) is 10.2 Å². The van der Waals surface area contributed by atoms with Crippen molar-refractivity contribution in [3.8, 4) is 0 Å². The molecule has 0 unspecified atom stereocenters. The monoisotopic (exact) mass is 222 g/mol. The molecule has 1 aliphatic heterocycles. The third kappa shape index (κ3) is 3.18. The molecule has 0 aromatic rings. The molecule has 0 bridgehead atoms. The Morgan fingerprint density at radius 2 is 1.79 bits per heavy atom. The highest BCUT2D eigenvalue weighted by atomic mass is 32.2. The Morgan fingerprint density at radius 1 is 1.21 bits per heavy atom. The maximum Gasteiger partial charge on any atom is 0.280 e. The van der Waals surface area contributed by atoms with Gasteiger partial charge in [0.05, 0.1) is 6.67 Å². The van der Waals surface area contributed by atoms with E-state index in [1.54, 1.807) is 7.05 Å². The average molecular weight is 222 g/mol. The summed E-state index contributed by atoms with van der Waals surface area (Å²) in [5.41, 5.74) is 0. The molecule has 1 heterocycles. The maximum absolute atomic E-state index is 11.6. The van der Waals surface area contributed by atoms with Crippen LogP contribution >= 0.6 is 0 Å². The van der Waals surface area contributed by atoms with Crippen molar-refractivity contribution in [3.63, 3.8) is 0 Å². The first kappa shape index (κ1) is 11.9. The van der Waals surface area contributed by atoms with Gasteiger partial charge in [-0.1, -0.05) is 0 Å². The number of likely N-dealkylation sites (N-methyl/N-ethyl adjacent to an activating group) is 1. The van der Waals surface area contributed by atoms with Gasteiger partial charge in [0, 0.05) is 26.2 Å². The fourth-order valence-corrected chi connectivity index (χ4v) is 2.44. The van der Waals surface area contributed by atoms with Crippen molar-refractivity contribution < 1.29 is 8.42 Å². The Morgan fingerprint density at radius 3 is 2.29 bits per heavy atom. The molecule has 1 saturated heterocycles. The number of nitrogens with one attached hydrogen (secondary N) is 2. The Hall–Kier alpha value is -0.210. The summed E-state index contributed by atoms with van der Waals surface area (Å²) in [7, 11) is 0.417. The molecule has 14 heavy (non-hydrogen) atoms. The number of hydrogen-bond donors (Lipinski definition) is 2. The second kappa shape index (κ2) is 5.04. The van der Waals surface area contributed by atoms with Gasteiger partial charge in [0.2, 0.25) is 0 Å². The Kier molecular flexibility index (Phi) is 4.27. The quantitative estimate of drug-likeness (QED) is 0.553. The molecule has 2 N–H and O–H groups in total. The predicted octanol–water partition coefficient (Wildman–Crippen LogP) is -1.75. The van der Waals surface area contributed by atoms with Crippen molar-refractivity contribution >= 4 is 10.2 Å². The molecule has 1 rings (SSSR count). The first-order chi connectivity index (χ1) is 6.56. The molecule has 0 atom stereocenters. The third-order valence-corrected chi connectivity index (χ3v) is 3.79. The minimum Gasteiger partial charge on any atom is -0.307 e. The normalized spacial score (nSPS) is 21.3. The second-order valence-electron chi connectivity index (χ2n) is 3.38. The zero-order chi connectivity index (χ0) is 10.6. The summed E-state index contributed by atoms with van der Waals surface area (Å²) in [6, 6.07) is 0. The van der Waals surface area contributed by atoms with Crippen LogP contribution in [0.2, 0.25) is 0 Å². The molecule has 7 heteroatoms. The van der Waals surface area contributed by atoms with Gasteiger partial charge >= 0.3 is 0 Å². The molecule has 0 radical (unpaired) electrons. The molecule has 84 valence electrons. The van der Waals surface area contributed by atoms with E-state index in [0.717, 1.165) is 13.1 Å². The van der Waals surface area contributed by atoms with Gasteiger partial charge in [-0.3, -0.25) is 0 Å². The molecule has 0 aromatic carbocycles. The summed E-state index contributed by atoms with van der Waals surface area (Å²) < 4.78 is 27.2. The van der Waals surface area contributed by atoms with Crippen LogP contribution in [0, 0.1) is 0 Å². The number of nitrogens with zero attached hydrogens (tertiary/aromatic N) is 2. The molecule has 1 aliphatic rings. The lowest BCUT2D eigenvalue weighted by Crippen LogP contribution is -2.51. The third-order valence-electron chi connectivity index (χ3n) is 2.23. The Bertz CT molecular complexity index is 259. The van der Waals surface area contributed by atoms with Crippen molar-refractivity contribution in [2.45, 2.75) is 0 Å². The lowest BCUT2D eigenvalue weighted by atomic mass is 10.4. The summed E-state index contributed by atoms with van der Waals surface area (Å²) in [6.45, 7) is 2.99. The van der Waals surface area contributed by atoms with Crippen LogP contribution in [0.5, 0.6) is 0 Å². The van der Waals surface area contributed by atoms with E-state index in [1.807, 2.05) is 7.05 Å². The smallest absolute Gasteiger partial charge is 0.280 e. The summed E-state index contributed by atoms with van der Waals surface area (Å²) in [5, 5.41) is 2.74. The number of hydrogen-bond acceptors (Lipinski definition) is 4. The molecule has 6 nitrogen and oxygen atoms in total. The predicted molar refractivity (Wildman–Crippen MR) is 55.1 cm³/mol. The van der Waals surface area contributed by atoms with Crippen LogP contribution in [0.1, 0.15) is 0 Å². The fourth-order valence-electron chi connectivity index (χ4n) is 1.28. The van der Waals surface area contributed by atoms with Gasteiger partial charge in [-0.15, -0.1) is 0 Å². The summed E-state index contributed by atoms with van der Waals surface area (Å²) in [6.07, 6.45) is 0. The average Bonchev–Trinajstić information content (AvgIpc) is 2.16. The largest absolute Gasteiger partial charge is 0.307 e. The Labute approximate surface area is 85.4 Å². The van der Waals surface area contributed by atoms with E-state index in [-0.39, 0.29) is 6.67 Å². The summed E-state index contributed by atoms with van der Waals surface area (Å²) >= 11 is 0. The van der Waals surface area contributed by atoms with E-state index in [4.69, 9.17) is 0 Å². The molecule has 0 amide bonds. The van der Waals surface area contributed by atoms with Gasteiger partial charge in [-0.25, -0.2) is 0 Å². The van der Waals surface area contributed by atoms with Crippen LogP contribution < -0.4 is 10.0 Å². The van der Waals surface area contributed by atoms with Gasteiger partial charge in [-0.2, -0.15) is 17.4 Å². The molecular formula is C7H18N4O2S. The van der Waals surface area contributed by atoms with E-state index in [1.165, 1.54) is 4.31 Å². The van der Waals surface area contributed by atoms with Crippen molar-refractivity contribution in [1.82, 2.24) is 19.2 Å². The first-order valence-corrected chi connectivity index (χ1v) is 6.08. The maximum atomic E-state index is 11.6. The SMILES string of the molecule is CNCNS(=O)(=O)N1CCN(C)CC1. The first-order valence-electron chi connectivity index (χ1n) is 4.64. The van der Waals surface area contributed by atoms with Crippen molar-refractivity contribution in [3.05, 3.63) is 0 Å². The molecular weight excluding hydrogens is 204 g/mol. The summed E-state index contributed by atoms with van der Waals surface area (Å²) in [5.74, 6) is 0. The van der Waals surface area contributed by atoms with Crippen LogP contribution in [-0.2, 0) is 10.2 Å². The zero-order valence-corrected chi connectivity index (χ0v) is 9.47. The van der Waals surface area contributed by atoms with Crippen molar-refractivity contribution in [1.29, 1.82) is 0 Å². The van der Waals surface area contributed by atoms with Gasteiger partial charge < -0.3 is 10.2 Å². The highest BCUT2D eigenvalue weighted by Crippen LogP contribution is 2.03. The van der Waals surface area contributed by atoms with E-state index in [2.05, 4.69) is 14.9 Å². The zero-order valence-electron chi connectivity index (χ0n) is 8.65. The second-order valence-corrected chi connectivity index (χ2v) is 5.14. The highest BCUT2D eigenvalue weighted by molar-refractivity contribution is 7.87. The van der Waals surface area contributed by atoms with Crippen LogP contribution in [0.3, 0.4) is 0 Å². The van der Waals surface area contributed by atoms with Crippen LogP contribution in [-0.4, -0.2) is 64.6 Å². The van der Waals surface area contributed by atoms with E-state index in [9.17, 15) is 8.42 Å². The van der Waals surface area contributed by atoms with Crippen molar-refractivity contribution in [2.24, 2.45) is 0 Å². The molecule has 0 aliphatic carbocycles. The Balaban J connectivity index is 2.47. The number of piperazine rings is 1. The molecule has 1 fully saturated rings. The van der Waals surface area contributed by atoms with E-state index in [0.29, 0.717) is 13.1 Å². The molecule has 0 saturated carbocycles. The minimum absolute atomic E-state index is 0.272. The summed E-state index contributed by atoms with van der Waals surface area (Å²) in [4.78, 5) is 2.12. The minimum atomic E-state index is -3.27.